The number of rotatable bonds is 4. The molecule has 0 spiro atoms. The van der Waals surface area contributed by atoms with E-state index in [1.54, 1.807) is 0 Å². The summed E-state index contributed by atoms with van der Waals surface area (Å²) in [5.74, 6) is 0.0394. The normalized spacial score (nSPS) is 23.7. The van der Waals surface area contributed by atoms with Crippen LogP contribution in [-0.2, 0) is 10.0 Å². The van der Waals surface area contributed by atoms with Crippen LogP contribution < -0.4 is 10.5 Å². The average molecular weight is 286 g/mol. The van der Waals surface area contributed by atoms with Crippen molar-refractivity contribution >= 4 is 15.7 Å². The second-order valence-electron chi connectivity index (χ2n) is 5.21. The summed E-state index contributed by atoms with van der Waals surface area (Å²) >= 11 is 0. The average Bonchev–Trinajstić information content (AvgIpc) is 2.72. The zero-order valence-electron chi connectivity index (χ0n) is 10.9. The van der Waals surface area contributed by atoms with Crippen LogP contribution in [0.4, 0.5) is 10.1 Å². The summed E-state index contributed by atoms with van der Waals surface area (Å²) in [6.07, 6.45) is 3.28. The minimum Gasteiger partial charge on any atom is -0.399 e. The maximum atomic E-state index is 13.6. The maximum absolute atomic E-state index is 13.6. The minimum atomic E-state index is -3.80. The molecule has 0 aromatic heterocycles. The summed E-state index contributed by atoms with van der Waals surface area (Å²) in [5, 5.41) is 0. The van der Waals surface area contributed by atoms with Gasteiger partial charge in [-0.3, -0.25) is 0 Å². The highest BCUT2D eigenvalue weighted by Crippen LogP contribution is 2.30. The highest BCUT2D eigenvalue weighted by molar-refractivity contribution is 7.89. The van der Waals surface area contributed by atoms with E-state index in [-0.39, 0.29) is 10.6 Å². The predicted octanol–water partition coefficient (Wildman–Crippen LogP) is 2.12. The maximum Gasteiger partial charge on any atom is 0.243 e. The van der Waals surface area contributed by atoms with Crippen molar-refractivity contribution in [2.75, 3.05) is 12.3 Å². The highest BCUT2D eigenvalue weighted by Gasteiger charge is 2.26. The van der Waals surface area contributed by atoms with Gasteiger partial charge in [-0.2, -0.15) is 0 Å². The third-order valence-electron chi connectivity index (χ3n) is 3.82. The van der Waals surface area contributed by atoms with E-state index >= 15 is 0 Å². The Morgan fingerprint density at radius 2 is 2.16 bits per heavy atom. The van der Waals surface area contributed by atoms with Gasteiger partial charge in [0, 0.05) is 12.2 Å². The molecule has 2 atom stereocenters. The molecule has 1 aromatic rings. The SMILES string of the molecule is CC1CCCC1CNS(=O)(=O)c1ccc(N)cc1F. The number of halogens is 1. The van der Waals surface area contributed by atoms with Crippen molar-refractivity contribution in [3.63, 3.8) is 0 Å². The third-order valence-corrected chi connectivity index (χ3v) is 5.28. The smallest absolute Gasteiger partial charge is 0.243 e. The number of benzene rings is 1. The first-order chi connectivity index (χ1) is 8.90. The second-order valence-corrected chi connectivity index (χ2v) is 6.95. The molecule has 0 heterocycles. The molecule has 2 rings (SSSR count). The summed E-state index contributed by atoms with van der Waals surface area (Å²) in [5.41, 5.74) is 5.62. The van der Waals surface area contributed by atoms with E-state index in [0.29, 0.717) is 18.4 Å². The quantitative estimate of drug-likeness (QED) is 0.833. The topological polar surface area (TPSA) is 72.2 Å². The van der Waals surface area contributed by atoms with Gasteiger partial charge in [-0.25, -0.2) is 17.5 Å². The molecule has 0 radical (unpaired) electrons. The summed E-state index contributed by atoms with van der Waals surface area (Å²) in [6.45, 7) is 2.49. The van der Waals surface area contributed by atoms with Crippen LogP contribution in [0.15, 0.2) is 23.1 Å². The minimum absolute atomic E-state index is 0.209. The number of nitrogen functional groups attached to an aromatic ring is 1. The second kappa shape index (κ2) is 5.46. The van der Waals surface area contributed by atoms with Crippen LogP contribution in [0.5, 0.6) is 0 Å². The molecule has 4 nitrogen and oxygen atoms in total. The van der Waals surface area contributed by atoms with Crippen molar-refractivity contribution in [1.82, 2.24) is 4.72 Å². The molecular formula is C13H19FN2O2S. The van der Waals surface area contributed by atoms with E-state index in [0.717, 1.165) is 25.3 Å². The lowest BCUT2D eigenvalue weighted by molar-refractivity contribution is 0.414. The molecule has 1 saturated carbocycles. The monoisotopic (exact) mass is 286 g/mol. The Morgan fingerprint density at radius 3 is 2.74 bits per heavy atom. The molecule has 106 valence electrons. The molecular weight excluding hydrogens is 267 g/mol. The fraction of sp³-hybridized carbons (Fsp3) is 0.538. The van der Waals surface area contributed by atoms with Crippen molar-refractivity contribution in [2.24, 2.45) is 11.8 Å². The largest absolute Gasteiger partial charge is 0.399 e. The van der Waals surface area contributed by atoms with E-state index in [9.17, 15) is 12.8 Å². The molecule has 19 heavy (non-hydrogen) atoms. The molecule has 0 amide bonds. The van der Waals surface area contributed by atoms with Crippen LogP contribution in [0, 0.1) is 17.7 Å². The van der Waals surface area contributed by atoms with Crippen molar-refractivity contribution in [1.29, 1.82) is 0 Å². The number of hydrogen-bond donors (Lipinski definition) is 2. The van der Waals surface area contributed by atoms with Gasteiger partial charge in [0.15, 0.2) is 0 Å². The van der Waals surface area contributed by atoms with Crippen LogP contribution in [0.2, 0.25) is 0 Å². The van der Waals surface area contributed by atoms with Gasteiger partial charge in [-0.15, -0.1) is 0 Å². The molecule has 1 fully saturated rings. The van der Waals surface area contributed by atoms with Crippen molar-refractivity contribution in [3.8, 4) is 0 Å². The Kier molecular flexibility index (Phi) is 4.10. The molecule has 2 unspecified atom stereocenters. The lowest BCUT2D eigenvalue weighted by Crippen LogP contribution is -2.31. The molecule has 1 aromatic carbocycles. The van der Waals surface area contributed by atoms with Crippen molar-refractivity contribution in [2.45, 2.75) is 31.1 Å². The number of nitrogens with one attached hydrogen (secondary N) is 1. The van der Waals surface area contributed by atoms with Crippen LogP contribution >= 0.6 is 0 Å². The van der Waals surface area contributed by atoms with Gasteiger partial charge < -0.3 is 5.73 Å². The zero-order valence-corrected chi connectivity index (χ0v) is 11.7. The molecule has 0 bridgehead atoms. The molecule has 1 aliphatic rings. The number of nitrogens with two attached hydrogens (primary N) is 1. The van der Waals surface area contributed by atoms with E-state index < -0.39 is 15.8 Å². The third kappa shape index (κ3) is 3.25. The van der Waals surface area contributed by atoms with Crippen LogP contribution in [0.1, 0.15) is 26.2 Å². The Bertz CT molecular complexity index is 560. The lowest BCUT2D eigenvalue weighted by atomic mass is 9.99. The molecule has 3 N–H and O–H groups in total. The molecule has 6 heteroatoms. The van der Waals surface area contributed by atoms with Crippen LogP contribution in [0.3, 0.4) is 0 Å². The molecule has 0 aliphatic heterocycles. The number of hydrogen-bond acceptors (Lipinski definition) is 3. The molecule has 0 saturated heterocycles. The first-order valence-electron chi connectivity index (χ1n) is 6.45. The van der Waals surface area contributed by atoms with Crippen LogP contribution in [0.25, 0.3) is 0 Å². The highest BCUT2D eigenvalue weighted by atomic mass is 32.2. The Hall–Kier alpha value is -1.14. The molecule has 1 aliphatic carbocycles. The lowest BCUT2D eigenvalue weighted by Gasteiger charge is -2.16. The first kappa shape index (κ1) is 14.3. The van der Waals surface area contributed by atoms with E-state index in [4.69, 9.17) is 5.73 Å². The van der Waals surface area contributed by atoms with Gasteiger partial charge in [0.25, 0.3) is 0 Å². The van der Waals surface area contributed by atoms with Crippen LogP contribution in [-0.4, -0.2) is 15.0 Å². The predicted molar refractivity (Wildman–Crippen MR) is 72.5 cm³/mol. The fourth-order valence-electron chi connectivity index (χ4n) is 2.56. The van der Waals surface area contributed by atoms with Gasteiger partial charge in [0.05, 0.1) is 0 Å². The summed E-state index contributed by atoms with van der Waals surface area (Å²) in [6, 6.07) is 3.60. The summed E-state index contributed by atoms with van der Waals surface area (Å²) in [4.78, 5) is -0.340. The Labute approximate surface area is 113 Å². The summed E-state index contributed by atoms with van der Waals surface area (Å²) in [7, 11) is -3.80. The first-order valence-corrected chi connectivity index (χ1v) is 7.93. The van der Waals surface area contributed by atoms with E-state index in [1.807, 2.05) is 0 Å². The van der Waals surface area contributed by atoms with E-state index in [1.165, 1.54) is 12.1 Å². The van der Waals surface area contributed by atoms with Gasteiger partial charge >= 0.3 is 0 Å². The summed E-state index contributed by atoms with van der Waals surface area (Å²) < 4.78 is 40.2. The van der Waals surface area contributed by atoms with Gasteiger partial charge in [0.2, 0.25) is 10.0 Å². The number of sulfonamides is 1. The van der Waals surface area contributed by atoms with E-state index in [2.05, 4.69) is 11.6 Å². The standard InChI is InChI=1S/C13H19FN2O2S/c1-9-3-2-4-10(9)8-16-19(17,18)13-6-5-11(15)7-12(13)14/h5-7,9-10,16H,2-4,8,15H2,1H3. The van der Waals surface area contributed by atoms with Gasteiger partial charge in [-0.1, -0.05) is 19.8 Å². The Morgan fingerprint density at radius 1 is 1.42 bits per heavy atom. The van der Waals surface area contributed by atoms with Gasteiger partial charge in [-0.05, 0) is 36.5 Å². The fourth-order valence-corrected chi connectivity index (χ4v) is 3.71. The zero-order chi connectivity index (χ0) is 14.0. The van der Waals surface area contributed by atoms with Crippen molar-refractivity contribution in [3.05, 3.63) is 24.0 Å². The van der Waals surface area contributed by atoms with Gasteiger partial charge in [0.1, 0.15) is 10.7 Å². The Balaban J connectivity index is 2.09. The number of anilines is 1. The van der Waals surface area contributed by atoms with Crippen molar-refractivity contribution < 1.29 is 12.8 Å².